The zero-order chi connectivity index (χ0) is 26.4. The van der Waals surface area contributed by atoms with Gasteiger partial charge in [0, 0.05) is 12.0 Å². The van der Waals surface area contributed by atoms with Crippen molar-refractivity contribution in [1.29, 1.82) is 0 Å². The van der Waals surface area contributed by atoms with Gasteiger partial charge in [0.05, 0.1) is 34.3 Å². The molecular formula is C23H35ClF4N2O5S. The van der Waals surface area contributed by atoms with Gasteiger partial charge in [0.15, 0.2) is 0 Å². The number of ether oxygens (including phenoxy) is 1. The van der Waals surface area contributed by atoms with Crippen LogP contribution in [0.3, 0.4) is 0 Å². The summed E-state index contributed by atoms with van der Waals surface area (Å²) < 4.78 is 87.0. The molecule has 208 valence electrons. The van der Waals surface area contributed by atoms with Crippen LogP contribution in [0.5, 0.6) is 0 Å². The predicted octanol–water partition coefficient (Wildman–Crippen LogP) is 3.47. The average Bonchev–Trinajstić information content (AvgIpc) is 2.80. The number of aliphatic hydroxyl groups excluding tert-OH is 1. The van der Waals surface area contributed by atoms with Crippen molar-refractivity contribution in [2.24, 2.45) is 5.92 Å². The normalized spacial score (nSPS) is 41.7. The van der Waals surface area contributed by atoms with E-state index in [9.17, 15) is 35.9 Å². The molecule has 4 atom stereocenters. The molecular weight excluding hydrogens is 528 g/mol. The van der Waals surface area contributed by atoms with Gasteiger partial charge in [0.2, 0.25) is 15.9 Å². The van der Waals surface area contributed by atoms with Crippen molar-refractivity contribution >= 4 is 27.5 Å². The summed E-state index contributed by atoms with van der Waals surface area (Å²) in [7, 11) is -3.93. The van der Waals surface area contributed by atoms with Crippen LogP contribution in [0.1, 0.15) is 77.0 Å². The first-order chi connectivity index (χ1) is 16.7. The van der Waals surface area contributed by atoms with Crippen LogP contribution in [0.2, 0.25) is 0 Å². The summed E-state index contributed by atoms with van der Waals surface area (Å²) in [5.41, 5.74) is -1.77. The van der Waals surface area contributed by atoms with Crippen LogP contribution in [-0.2, 0) is 19.6 Å². The Morgan fingerprint density at radius 3 is 2.25 bits per heavy atom. The highest BCUT2D eigenvalue weighted by atomic mass is 35.5. The number of nitrogens with one attached hydrogen (secondary N) is 2. The Hall–Kier alpha value is -0.690. The van der Waals surface area contributed by atoms with E-state index in [0.717, 1.165) is 0 Å². The van der Waals surface area contributed by atoms with E-state index >= 15 is 0 Å². The third-order valence-electron chi connectivity index (χ3n) is 8.74. The molecule has 0 radical (unpaired) electrons. The number of aliphatic hydroxyl groups is 1. The van der Waals surface area contributed by atoms with E-state index in [1.54, 1.807) is 0 Å². The smallest absolute Gasteiger partial charge is 0.391 e. The molecule has 0 aliphatic heterocycles. The molecule has 3 unspecified atom stereocenters. The molecule has 36 heavy (non-hydrogen) atoms. The third-order valence-corrected chi connectivity index (χ3v) is 11.3. The molecule has 5 rings (SSSR count). The lowest BCUT2D eigenvalue weighted by molar-refractivity contribution is -0.181. The largest absolute Gasteiger partial charge is 0.391 e. The number of halogens is 5. The molecule has 3 N–H and O–H groups in total. The van der Waals surface area contributed by atoms with Crippen LogP contribution in [0, 0.1) is 5.92 Å². The fourth-order valence-corrected chi connectivity index (χ4v) is 8.61. The number of hydrogen-bond donors (Lipinski definition) is 3. The number of hydrogen-bond acceptors (Lipinski definition) is 5. The highest BCUT2D eigenvalue weighted by Crippen LogP contribution is 2.48. The second-order valence-electron chi connectivity index (χ2n) is 11.1. The maximum atomic E-state index is 13.8. The van der Waals surface area contributed by atoms with Crippen LogP contribution in [0.4, 0.5) is 17.6 Å². The van der Waals surface area contributed by atoms with Crippen molar-refractivity contribution < 1.29 is 40.6 Å². The first-order valence-electron chi connectivity index (χ1n) is 12.7. The van der Waals surface area contributed by atoms with Crippen LogP contribution in [-0.4, -0.2) is 72.3 Å². The molecule has 0 heterocycles. The lowest BCUT2D eigenvalue weighted by Gasteiger charge is -2.56. The maximum Gasteiger partial charge on any atom is 0.391 e. The Morgan fingerprint density at radius 2 is 1.69 bits per heavy atom. The predicted molar refractivity (Wildman–Crippen MR) is 125 cm³/mol. The summed E-state index contributed by atoms with van der Waals surface area (Å²) >= 11 is 5.88. The quantitative estimate of drug-likeness (QED) is 0.326. The molecule has 2 bridgehead atoms. The Morgan fingerprint density at radius 1 is 1.06 bits per heavy atom. The van der Waals surface area contributed by atoms with E-state index in [1.807, 2.05) is 0 Å². The van der Waals surface area contributed by atoms with Crippen molar-refractivity contribution in [3.8, 4) is 0 Å². The minimum absolute atomic E-state index is 0.0681. The van der Waals surface area contributed by atoms with E-state index in [2.05, 4.69) is 10.0 Å². The molecule has 7 nitrogen and oxygen atoms in total. The number of carbonyl (C=O) groups is 1. The molecule has 5 fully saturated rings. The maximum absolute atomic E-state index is 13.8. The van der Waals surface area contributed by atoms with Gasteiger partial charge in [-0.25, -0.2) is 17.5 Å². The number of alkyl halides is 5. The van der Waals surface area contributed by atoms with Gasteiger partial charge in [-0.1, -0.05) is 0 Å². The first kappa shape index (κ1) is 28.3. The van der Waals surface area contributed by atoms with Gasteiger partial charge >= 0.3 is 6.18 Å². The molecule has 5 saturated carbocycles. The Labute approximate surface area is 214 Å². The van der Waals surface area contributed by atoms with Gasteiger partial charge in [0.25, 0.3) is 0 Å². The molecule has 0 aromatic carbocycles. The van der Waals surface area contributed by atoms with Crippen molar-refractivity contribution in [3.63, 3.8) is 0 Å². The van der Waals surface area contributed by atoms with Crippen LogP contribution in [0.15, 0.2) is 0 Å². The van der Waals surface area contributed by atoms with Crippen LogP contribution in [0.25, 0.3) is 0 Å². The monoisotopic (exact) mass is 562 g/mol. The van der Waals surface area contributed by atoms with Gasteiger partial charge in [0.1, 0.15) is 12.8 Å². The Balaban J connectivity index is 1.28. The van der Waals surface area contributed by atoms with Crippen molar-refractivity contribution in [1.82, 2.24) is 10.0 Å². The molecule has 0 aromatic rings. The topological polar surface area (TPSA) is 105 Å². The van der Waals surface area contributed by atoms with Crippen molar-refractivity contribution in [3.05, 3.63) is 0 Å². The number of amides is 1. The van der Waals surface area contributed by atoms with E-state index in [0.29, 0.717) is 38.5 Å². The lowest BCUT2D eigenvalue weighted by Crippen LogP contribution is -2.70. The fraction of sp³-hybridized carbons (Fsp3) is 0.957. The SMILES string of the molecule is O=C(COC1CCC(Cl)C(F)C1)NC12CCC(NS(=O)(=O)C3CCC(C(F)(F)F)CC3)(CC1)[C@@H](O)C2. The number of carbonyl (C=O) groups excluding carboxylic acids is 1. The molecule has 0 saturated heterocycles. The third kappa shape index (κ3) is 6.13. The molecule has 5 aliphatic carbocycles. The second-order valence-corrected chi connectivity index (χ2v) is 13.7. The molecule has 0 spiro atoms. The minimum Gasteiger partial charge on any atom is -0.391 e. The zero-order valence-corrected chi connectivity index (χ0v) is 21.6. The van der Waals surface area contributed by atoms with Gasteiger partial charge in [-0.3, -0.25) is 4.79 Å². The molecule has 1 amide bonds. The standard InChI is InChI=1S/C23H35ClF4N2O5S/c24-17-6-3-15(11-18(17)25)35-13-20(32)29-21-7-9-22(10-8-21,19(31)12-21)30-36(33,34)16-4-1-14(2-5-16)23(26,27)28/h14-19,30-31H,1-13H2,(H,29,32)/t14?,15?,16?,17?,18?,19-,21?,22?/m0/s1. The summed E-state index contributed by atoms with van der Waals surface area (Å²) in [6.07, 6.45) is -4.64. The fourth-order valence-electron chi connectivity index (χ4n) is 6.41. The van der Waals surface area contributed by atoms with Gasteiger partial charge in [-0.2, -0.15) is 13.2 Å². The van der Waals surface area contributed by atoms with E-state index < -0.39 is 56.1 Å². The summed E-state index contributed by atoms with van der Waals surface area (Å²) in [6, 6.07) is 0. The van der Waals surface area contributed by atoms with Crippen LogP contribution < -0.4 is 10.0 Å². The lowest BCUT2D eigenvalue weighted by atomic mass is 9.60. The molecule has 5 aliphatic rings. The van der Waals surface area contributed by atoms with Gasteiger partial charge in [-0.05, 0) is 70.6 Å². The molecule has 0 aromatic heterocycles. The molecule has 13 heteroatoms. The number of fused-ring (bicyclic) bond motifs is 3. The summed E-state index contributed by atoms with van der Waals surface area (Å²) in [5.74, 6) is -1.85. The summed E-state index contributed by atoms with van der Waals surface area (Å²) in [6.45, 7) is -0.236. The number of rotatable bonds is 7. The number of sulfonamides is 1. The van der Waals surface area contributed by atoms with E-state index in [-0.39, 0.29) is 57.1 Å². The Bertz CT molecular complexity index is 905. The summed E-state index contributed by atoms with van der Waals surface area (Å²) in [4.78, 5) is 12.6. The second kappa shape index (κ2) is 10.5. The summed E-state index contributed by atoms with van der Waals surface area (Å²) in [5, 5.41) is 12.4. The highest BCUT2D eigenvalue weighted by Gasteiger charge is 2.57. The van der Waals surface area contributed by atoms with Crippen LogP contribution >= 0.6 is 11.6 Å². The highest BCUT2D eigenvalue weighted by molar-refractivity contribution is 7.90. The zero-order valence-electron chi connectivity index (χ0n) is 20.0. The van der Waals surface area contributed by atoms with Crippen molar-refractivity contribution in [2.45, 2.75) is 123 Å². The van der Waals surface area contributed by atoms with E-state index in [1.165, 1.54) is 0 Å². The van der Waals surface area contributed by atoms with Crippen molar-refractivity contribution in [2.75, 3.05) is 6.61 Å². The van der Waals surface area contributed by atoms with Gasteiger partial charge < -0.3 is 15.2 Å². The van der Waals surface area contributed by atoms with E-state index in [4.69, 9.17) is 16.3 Å². The average molecular weight is 563 g/mol. The Kier molecular flexibility index (Phi) is 8.23. The minimum atomic E-state index is -4.32. The first-order valence-corrected chi connectivity index (χ1v) is 14.7. The van der Waals surface area contributed by atoms with Gasteiger partial charge in [-0.15, -0.1) is 11.6 Å².